The SMILES string of the molecule is CC(C)[C@@H](C(=O)N1C[C@H](O)C[C@H]1C(=O)NCc1ccc(C2CC2)cc1)N1Cc2ccccc2C1O. The molecule has 2 heterocycles. The highest BCUT2D eigenvalue weighted by Crippen LogP contribution is 2.40. The van der Waals surface area contributed by atoms with E-state index in [2.05, 4.69) is 17.4 Å². The largest absolute Gasteiger partial charge is 0.391 e. The highest BCUT2D eigenvalue weighted by Gasteiger charge is 2.46. The Kier molecular flexibility index (Phi) is 6.66. The lowest BCUT2D eigenvalue weighted by Gasteiger charge is -2.36. The van der Waals surface area contributed by atoms with E-state index in [0.29, 0.717) is 19.0 Å². The van der Waals surface area contributed by atoms with E-state index in [1.807, 2.05) is 50.2 Å². The Morgan fingerprint density at radius 2 is 1.77 bits per heavy atom. The van der Waals surface area contributed by atoms with Gasteiger partial charge in [-0.2, -0.15) is 0 Å². The van der Waals surface area contributed by atoms with Crippen LogP contribution < -0.4 is 5.32 Å². The van der Waals surface area contributed by atoms with Crippen LogP contribution in [0.1, 0.15) is 67.5 Å². The van der Waals surface area contributed by atoms with E-state index in [-0.39, 0.29) is 30.7 Å². The van der Waals surface area contributed by atoms with Gasteiger partial charge in [-0.05, 0) is 46.9 Å². The molecule has 1 aliphatic carbocycles. The fourth-order valence-corrected chi connectivity index (χ4v) is 5.56. The summed E-state index contributed by atoms with van der Waals surface area (Å²) < 4.78 is 0. The van der Waals surface area contributed by atoms with Gasteiger partial charge in [0.15, 0.2) is 0 Å². The van der Waals surface area contributed by atoms with Gasteiger partial charge in [0.25, 0.3) is 0 Å². The van der Waals surface area contributed by atoms with Gasteiger partial charge >= 0.3 is 0 Å². The summed E-state index contributed by atoms with van der Waals surface area (Å²) in [4.78, 5) is 30.3. The molecular weight excluding hydrogens is 442 g/mol. The van der Waals surface area contributed by atoms with E-state index in [4.69, 9.17) is 0 Å². The molecule has 0 radical (unpaired) electrons. The zero-order chi connectivity index (χ0) is 24.7. The van der Waals surface area contributed by atoms with Crippen LogP contribution in [0.5, 0.6) is 0 Å². The minimum absolute atomic E-state index is 0.0853. The number of nitrogens with zero attached hydrogens (tertiary/aromatic N) is 2. The van der Waals surface area contributed by atoms with E-state index < -0.39 is 24.4 Å². The van der Waals surface area contributed by atoms with Crippen molar-refractivity contribution in [3.8, 4) is 0 Å². The topological polar surface area (TPSA) is 93.1 Å². The first-order chi connectivity index (χ1) is 16.8. The van der Waals surface area contributed by atoms with Crippen molar-refractivity contribution in [2.45, 2.75) is 76.5 Å². The Morgan fingerprint density at radius 1 is 1.06 bits per heavy atom. The van der Waals surface area contributed by atoms with Crippen molar-refractivity contribution in [3.63, 3.8) is 0 Å². The summed E-state index contributed by atoms with van der Waals surface area (Å²) in [5, 5.41) is 24.3. The Bertz CT molecular complexity index is 1080. The number of aliphatic hydroxyl groups excluding tert-OH is 2. The first-order valence-corrected chi connectivity index (χ1v) is 12.7. The van der Waals surface area contributed by atoms with Crippen LogP contribution in [0, 0.1) is 5.92 Å². The molecule has 7 heteroatoms. The summed E-state index contributed by atoms with van der Waals surface area (Å²) in [5.74, 6) is 0.123. The van der Waals surface area contributed by atoms with Gasteiger partial charge in [-0.25, -0.2) is 0 Å². The number of β-amino-alcohol motifs (C(OH)–C–C–N with tert-alkyl or cyclic N) is 1. The van der Waals surface area contributed by atoms with Gasteiger partial charge in [-0.1, -0.05) is 62.4 Å². The van der Waals surface area contributed by atoms with Crippen molar-refractivity contribution >= 4 is 11.8 Å². The number of carbonyl (C=O) groups is 2. The molecule has 35 heavy (non-hydrogen) atoms. The second-order valence-electron chi connectivity index (χ2n) is 10.6. The number of hydrogen-bond donors (Lipinski definition) is 3. The van der Waals surface area contributed by atoms with Gasteiger partial charge in [-0.3, -0.25) is 14.5 Å². The van der Waals surface area contributed by atoms with Crippen molar-refractivity contribution in [3.05, 3.63) is 70.8 Å². The highest BCUT2D eigenvalue weighted by molar-refractivity contribution is 5.90. The van der Waals surface area contributed by atoms with E-state index >= 15 is 0 Å². The molecule has 3 aliphatic rings. The molecule has 1 unspecified atom stereocenters. The zero-order valence-corrected chi connectivity index (χ0v) is 20.4. The van der Waals surface area contributed by atoms with Crippen molar-refractivity contribution in [2.24, 2.45) is 5.92 Å². The van der Waals surface area contributed by atoms with Gasteiger partial charge in [0.2, 0.25) is 11.8 Å². The lowest BCUT2D eigenvalue weighted by Crippen LogP contribution is -2.54. The highest BCUT2D eigenvalue weighted by atomic mass is 16.3. The molecule has 4 atom stereocenters. The van der Waals surface area contributed by atoms with Crippen LogP contribution >= 0.6 is 0 Å². The molecule has 5 rings (SSSR count). The third-order valence-corrected chi connectivity index (χ3v) is 7.60. The lowest BCUT2D eigenvalue weighted by atomic mass is 10.00. The molecule has 0 spiro atoms. The molecule has 3 N–H and O–H groups in total. The number of likely N-dealkylation sites (tertiary alicyclic amines) is 1. The summed E-state index contributed by atoms with van der Waals surface area (Å²) in [7, 11) is 0. The molecule has 186 valence electrons. The zero-order valence-electron chi connectivity index (χ0n) is 20.4. The monoisotopic (exact) mass is 477 g/mol. The summed E-state index contributed by atoms with van der Waals surface area (Å²) in [6.45, 7) is 4.87. The third kappa shape index (κ3) is 4.85. The minimum atomic E-state index is -0.874. The lowest BCUT2D eigenvalue weighted by molar-refractivity contribution is -0.149. The van der Waals surface area contributed by atoms with Crippen LogP contribution in [-0.4, -0.2) is 56.6 Å². The molecule has 0 aromatic heterocycles. The average Bonchev–Trinajstić information content (AvgIpc) is 3.55. The fraction of sp³-hybridized carbons (Fsp3) is 0.500. The predicted molar refractivity (Wildman–Crippen MR) is 132 cm³/mol. The van der Waals surface area contributed by atoms with E-state index in [1.165, 1.54) is 23.3 Å². The van der Waals surface area contributed by atoms with Crippen LogP contribution in [0.25, 0.3) is 0 Å². The molecule has 2 fully saturated rings. The first kappa shape index (κ1) is 24.0. The smallest absolute Gasteiger partial charge is 0.243 e. The van der Waals surface area contributed by atoms with Crippen LogP contribution in [0.3, 0.4) is 0 Å². The minimum Gasteiger partial charge on any atom is -0.391 e. The number of aliphatic hydroxyl groups is 2. The summed E-state index contributed by atoms with van der Waals surface area (Å²) in [5.41, 5.74) is 4.18. The number of nitrogens with one attached hydrogen (secondary N) is 1. The fourth-order valence-electron chi connectivity index (χ4n) is 5.56. The molecular formula is C28H35N3O4. The number of amides is 2. The van der Waals surface area contributed by atoms with Gasteiger partial charge < -0.3 is 20.4 Å². The summed E-state index contributed by atoms with van der Waals surface area (Å²) in [6, 6.07) is 14.7. The Labute approximate surface area is 206 Å². The van der Waals surface area contributed by atoms with Crippen molar-refractivity contribution in [1.29, 1.82) is 0 Å². The number of carbonyl (C=O) groups excluding carboxylic acids is 2. The van der Waals surface area contributed by atoms with Crippen LogP contribution in [-0.2, 0) is 22.7 Å². The van der Waals surface area contributed by atoms with E-state index in [1.54, 1.807) is 4.90 Å². The van der Waals surface area contributed by atoms with Crippen molar-refractivity contribution < 1.29 is 19.8 Å². The molecule has 2 aromatic rings. The summed E-state index contributed by atoms with van der Waals surface area (Å²) in [6.07, 6.45) is 1.09. The Morgan fingerprint density at radius 3 is 2.43 bits per heavy atom. The Hall–Kier alpha value is -2.74. The van der Waals surface area contributed by atoms with Gasteiger partial charge in [-0.15, -0.1) is 0 Å². The maximum absolute atomic E-state index is 13.8. The average molecular weight is 478 g/mol. The third-order valence-electron chi connectivity index (χ3n) is 7.60. The van der Waals surface area contributed by atoms with Gasteiger partial charge in [0.05, 0.1) is 12.1 Å². The second kappa shape index (κ2) is 9.72. The van der Waals surface area contributed by atoms with E-state index in [0.717, 1.165) is 16.7 Å². The molecule has 1 saturated heterocycles. The van der Waals surface area contributed by atoms with E-state index in [9.17, 15) is 19.8 Å². The Balaban J connectivity index is 1.27. The standard InChI is InChI=1S/C28H35N3O4/c1-17(2)25(31-15-21-5-3-4-6-23(21)27(31)34)28(35)30-16-22(32)13-24(30)26(33)29-14-18-7-9-19(10-8-18)20-11-12-20/h3-10,17,20,22,24-25,27,32,34H,11-16H2,1-2H3,(H,29,33)/t22-,24+,25+,27?/m1/s1. The second-order valence-corrected chi connectivity index (χ2v) is 10.6. The predicted octanol–water partition coefficient (Wildman–Crippen LogP) is 2.67. The molecule has 0 bridgehead atoms. The normalized spacial score (nSPS) is 25.1. The van der Waals surface area contributed by atoms with Crippen LogP contribution in [0.2, 0.25) is 0 Å². The molecule has 2 aliphatic heterocycles. The van der Waals surface area contributed by atoms with Crippen LogP contribution in [0.4, 0.5) is 0 Å². The van der Waals surface area contributed by atoms with Crippen molar-refractivity contribution in [1.82, 2.24) is 15.1 Å². The molecule has 2 amide bonds. The maximum Gasteiger partial charge on any atom is 0.243 e. The molecule has 1 saturated carbocycles. The number of hydrogen-bond acceptors (Lipinski definition) is 5. The molecule has 7 nitrogen and oxygen atoms in total. The van der Waals surface area contributed by atoms with Gasteiger partial charge in [0, 0.05) is 26.1 Å². The van der Waals surface area contributed by atoms with Crippen LogP contribution in [0.15, 0.2) is 48.5 Å². The maximum atomic E-state index is 13.8. The first-order valence-electron chi connectivity index (χ1n) is 12.7. The molecule has 2 aromatic carbocycles. The number of rotatable bonds is 7. The van der Waals surface area contributed by atoms with Crippen molar-refractivity contribution in [2.75, 3.05) is 6.54 Å². The quantitative estimate of drug-likeness (QED) is 0.570. The van der Waals surface area contributed by atoms with Gasteiger partial charge in [0.1, 0.15) is 12.3 Å². The number of benzene rings is 2. The number of fused-ring (bicyclic) bond motifs is 1. The summed E-state index contributed by atoms with van der Waals surface area (Å²) >= 11 is 0.